The molecule has 0 heterocycles. The molecule has 0 radical (unpaired) electrons. The van der Waals surface area contributed by atoms with Crippen LogP contribution in [0.5, 0.6) is 5.75 Å². The van der Waals surface area contributed by atoms with E-state index in [0.717, 1.165) is 22.3 Å². The Morgan fingerprint density at radius 1 is 1.06 bits per heavy atom. The first kappa shape index (κ1) is 11.7. The number of phenols is 1. The summed E-state index contributed by atoms with van der Waals surface area (Å²) < 4.78 is 0. The van der Waals surface area contributed by atoms with E-state index in [1.807, 2.05) is 43.3 Å². The molecule has 0 unspecified atom stereocenters. The molecule has 0 aromatic heterocycles. The summed E-state index contributed by atoms with van der Waals surface area (Å²) in [5.74, 6) is 0.275. The van der Waals surface area contributed by atoms with Crippen LogP contribution < -0.4 is 0 Å². The van der Waals surface area contributed by atoms with Gasteiger partial charge in [-0.3, -0.25) is 0 Å². The number of rotatable bonds is 3. The number of aliphatic hydroxyl groups is 1. The van der Waals surface area contributed by atoms with Gasteiger partial charge in [0.2, 0.25) is 0 Å². The van der Waals surface area contributed by atoms with Crippen molar-refractivity contribution in [1.29, 1.82) is 0 Å². The summed E-state index contributed by atoms with van der Waals surface area (Å²) in [4.78, 5) is 0. The third-order valence-electron chi connectivity index (χ3n) is 2.79. The van der Waals surface area contributed by atoms with Crippen LogP contribution in [0.15, 0.2) is 42.5 Å². The quantitative estimate of drug-likeness (QED) is 0.848. The van der Waals surface area contributed by atoms with Gasteiger partial charge in [-0.2, -0.15) is 0 Å². The Morgan fingerprint density at radius 3 is 2.59 bits per heavy atom. The fraction of sp³-hybridized carbons (Fsp3) is 0.200. The van der Waals surface area contributed by atoms with Crippen molar-refractivity contribution in [2.24, 2.45) is 0 Å². The molecule has 2 aromatic rings. The van der Waals surface area contributed by atoms with Gasteiger partial charge in [0.15, 0.2) is 0 Å². The predicted molar refractivity (Wildman–Crippen MR) is 69.1 cm³/mol. The lowest BCUT2D eigenvalue weighted by atomic mass is 9.99. The maximum atomic E-state index is 9.89. The smallest absolute Gasteiger partial charge is 0.123 e. The van der Waals surface area contributed by atoms with Crippen LogP contribution in [-0.2, 0) is 6.42 Å². The van der Waals surface area contributed by atoms with Gasteiger partial charge in [0.1, 0.15) is 5.75 Å². The van der Waals surface area contributed by atoms with Crippen molar-refractivity contribution >= 4 is 0 Å². The standard InChI is InChI=1S/C15H16O2/c1-11-3-2-4-13(9-11)14-10-12(7-8-16)5-6-15(14)17/h2-6,9-10,16-17H,7-8H2,1H3. The molecule has 0 amide bonds. The lowest BCUT2D eigenvalue weighted by molar-refractivity contribution is 0.299. The lowest BCUT2D eigenvalue weighted by Gasteiger charge is -2.08. The molecule has 0 bridgehead atoms. The van der Waals surface area contributed by atoms with Crippen LogP contribution in [0.4, 0.5) is 0 Å². The fourth-order valence-electron chi connectivity index (χ4n) is 1.91. The summed E-state index contributed by atoms with van der Waals surface area (Å²) in [7, 11) is 0. The Bertz CT molecular complexity index is 518. The monoisotopic (exact) mass is 228 g/mol. The molecule has 2 nitrogen and oxygen atoms in total. The van der Waals surface area contributed by atoms with Crippen molar-refractivity contribution in [1.82, 2.24) is 0 Å². The highest BCUT2D eigenvalue weighted by Crippen LogP contribution is 2.30. The van der Waals surface area contributed by atoms with Crippen LogP contribution in [-0.4, -0.2) is 16.8 Å². The van der Waals surface area contributed by atoms with Gasteiger partial charge >= 0.3 is 0 Å². The summed E-state index contributed by atoms with van der Waals surface area (Å²) in [5.41, 5.74) is 4.01. The highest BCUT2D eigenvalue weighted by Gasteiger charge is 2.05. The number of phenolic OH excluding ortho intramolecular Hbond substituents is 1. The molecule has 2 N–H and O–H groups in total. The predicted octanol–water partition coefficient (Wildman–Crippen LogP) is 2.90. The van der Waals surface area contributed by atoms with E-state index in [9.17, 15) is 5.11 Å². The normalized spacial score (nSPS) is 10.5. The van der Waals surface area contributed by atoms with E-state index in [4.69, 9.17) is 5.11 Å². The van der Waals surface area contributed by atoms with Crippen molar-refractivity contribution < 1.29 is 10.2 Å². The van der Waals surface area contributed by atoms with Crippen molar-refractivity contribution in [3.05, 3.63) is 53.6 Å². The Labute approximate surface area is 101 Å². The molecule has 2 rings (SSSR count). The summed E-state index contributed by atoms with van der Waals surface area (Å²) >= 11 is 0. The summed E-state index contributed by atoms with van der Waals surface area (Å²) in [5, 5.41) is 18.8. The van der Waals surface area contributed by atoms with Crippen LogP contribution in [0.3, 0.4) is 0 Å². The first-order valence-corrected chi connectivity index (χ1v) is 5.70. The van der Waals surface area contributed by atoms with Crippen LogP contribution in [0.25, 0.3) is 11.1 Å². The molecule has 0 aliphatic carbocycles. The minimum atomic E-state index is 0.123. The summed E-state index contributed by atoms with van der Waals surface area (Å²) in [6, 6.07) is 13.5. The van der Waals surface area contributed by atoms with Crippen LogP contribution >= 0.6 is 0 Å². The number of aromatic hydroxyl groups is 1. The van der Waals surface area contributed by atoms with E-state index in [-0.39, 0.29) is 12.4 Å². The van der Waals surface area contributed by atoms with Gasteiger partial charge in [0.05, 0.1) is 0 Å². The van der Waals surface area contributed by atoms with Crippen LogP contribution in [0.1, 0.15) is 11.1 Å². The molecule has 0 aliphatic heterocycles. The van der Waals surface area contributed by atoms with Gasteiger partial charge in [-0.15, -0.1) is 0 Å². The zero-order valence-electron chi connectivity index (χ0n) is 9.85. The van der Waals surface area contributed by atoms with Crippen molar-refractivity contribution in [2.45, 2.75) is 13.3 Å². The van der Waals surface area contributed by atoms with Crippen LogP contribution in [0.2, 0.25) is 0 Å². The van der Waals surface area contributed by atoms with E-state index < -0.39 is 0 Å². The first-order chi connectivity index (χ1) is 8.20. The molecule has 2 heteroatoms. The van der Waals surface area contributed by atoms with E-state index in [1.165, 1.54) is 0 Å². The van der Waals surface area contributed by atoms with Gasteiger partial charge in [-0.05, 0) is 36.6 Å². The average molecular weight is 228 g/mol. The fourth-order valence-corrected chi connectivity index (χ4v) is 1.91. The average Bonchev–Trinajstić information content (AvgIpc) is 2.32. The van der Waals surface area contributed by atoms with E-state index in [2.05, 4.69) is 0 Å². The topological polar surface area (TPSA) is 40.5 Å². The number of benzene rings is 2. The maximum absolute atomic E-state index is 9.89. The third-order valence-corrected chi connectivity index (χ3v) is 2.79. The van der Waals surface area contributed by atoms with Gasteiger partial charge in [0.25, 0.3) is 0 Å². The van der Waals surface area contributed by atoms with Crippen molar-refractivity contribution in [3.63, 3.8) is 0 Å². The lowest BCUT2D eigenvalue weighted by Crippen LogP contribution is -1.91. The Kier molecular flexibility index (Phi) is 3.45. The molecule has 0 spiro atoms. The zero-order valence-corrected chi connectivity index (χ0v) is 9.85. The molecule has 2 aromatic carbocycles. The SMILES string of the molecule is Cc1cccc(-c2cc(CCO)ccc2O)c1. The van der Waals surface area contributed by atoms with E-state index in [0.29, 0.717) is 6.42 Å². The van der Waals surface area contributed by atoms with Crippen molar-refractivity contribution in [2.75, 3.05) is 6.61 Å². The molecule has 0 saturated carbocycles. The molecule has 0 aliphatic rings. The van der Waals surface area contributed by atoms with Crippen LogP contribution in [0, 0.1) is 6.92 Å². The zero-order chi connectivity index (χ0) is 12.3. The second-order valence-electron chi connectivity index (χ2n) is 4.19. The molecule has 17 heavy (non-hydrogen) atoms. The molecule has 0 fully saturated rings. The minimum Gasteiger partial charge on any atom is -0.507 e. The summed E-state index contributed by atoms with van der Waals surface area (Å²) in [6.07, 6.45) is 0.610. The maximum Gasteiger partial charge on any atom is 0.123 e. The van der Waals surface area contributed by atoms with Gasteiger partial charge in [-0.25, -0.2) is 0 Å². The van der Waals surface area contributed by atoms with E-state index in [1.54, 1.807) is 6.07 Å². The Balaban J connectivity index is 2.46. The van der Waals surface area contributed by atoms with Gasteiger partial charge < -0.3 is 10.2 Å². The molecular weight excluding hydrogens is 212 g/mol. The molecular formula is C15H16O2. The second-order valence-corrected chi connectivity index (χ2v) is 4.19. The number of hydrogen-bond acceptors (Lipinski definition) is 2. The number of aliphatic hydroxyl groups excluding tert-OH is 1. The molecule has 0 saturated heterocycles. The van der Waals surface area contributed by atoms with Crippen molar-refractivity contribution in [3.8, 4) is 16.9 Å². The highest BCUT2D eigenvalue weighted by molar-refractivity contribution is 5.71. The highest BCUT2D eigenvalue weighted by atomic mass is 16.3. The first-order valence-electron chi connectivity index (χ1n) is 5.70. The minimum absolute atomic E-state index is 0.123. The van der Waals surface area contributed by atoms with E-state index >= 15 is 0 Å². The van der Waals surface area contributed by atoms with Gasteiger partial charge in [-0.1, -0.05) is 35.9 Å². The number of aryl methyl sites for hydroxylation is 1. The Hall–Kier alpha value is -1.80. The molecule has 88 valence electrons. The Morgan fingerprint density at radius 2 is 1.88 bits per heavy atom. The number of hydrogen-bond donors (Lipinski definition) is 2. The van der Waals surface area contributed by atoms with Gasteiger partial charge in [0, 0.05) is 12.2 Å². The molecule has 0 atom stereocenters. The largest absolute Gasteiger partial charge is 0.507 e. The second kappa shape index (κ2) is 5.02. The third kappa shape index (κ3) is 2.66. The summed E-state index contributed by atoms with van der Waals surface area (Å²) in [6.45, 7) is 2.15.